The Morgan fingerprint density at radius 3 is 2.15 bits per heavy atom. The number of carbonyl (C=O) groups excluding carboxylic acids is 1. The van der Waals surface area contributed by atoms with E-state index in [9.17, 15) is 18.0 Å². The van der Waals surface area contributed by atoms with Crippen LogP contribution >= 0.6 is 0 Å². The number of amides is 1. The lowest BCUT2D eigenvalue weighted by atomic mass is 10.1. The summed E-state index contributed by atoms with van der Waals surface area (Å²) < 4.78 is 45.0. The zero-order valence-corrected chi connectivity index (χ0v) is 13.5. The van der Waals surface area contributed by atoms with Crippen molar-refractivity contribution in [2.45, 2.75) is 6.18 Å². The summed E-state index contributed by atoms with van der Waals surface area (Å²) in [5.41, 5.74) is -1.08. The Labute approximate surface area is 148 Å². The molecule has 0 spiro atoms. The van der Waals surface area contributed by atoms with Gasteiger partial charge in [0.15, 0.2) is 0 Å². The van der Waals surface area contributed by atoms with Gasteiger partial charge in [0.1, 0.15) is 11.5 Å². The highest BCUT2D eigenvalue weighted by atomic mass is 19.4. The molecule has 0 aliphatic carbocycles. The van der Waals surface area contributed by atoms with Crippen molar-refractivity contribution >= 4 is 11.6 Å². The molecule has 0 fully saturated rings. The molecule has 0 unspecified atom stereocenters. The molecule has 3 aromatic carbocycles. The van der Waals surface area contributed by atoms with E-state index >= 15 is 0 Å². The molecule has 26 heavy (non-hydrogen) atoms. The second-order valence-corrected chi connectivity index (χ2v) is 5.41. The molecule has 0 aliphatic rings. The summed E-state index contributed by atoms with van der Waals surface area (Å²) in [4.78, 5) is 12.5. The molecular weight excluding hydrogens is 343 g/mol. The van der Waals surface area contributed by atoms with Crippen molar-refractivity contribution in [3.63, 3.8) is 0 Å². The number of alkyl halides is 3. The number of carbonyl (C=O) groups is 1. The van der Waals surface area contributed by atoms with E-state index in [1.807, 2.05) is 6.07 Å². The molecule has 0 aromatic heterocycles. The van der Waals surface area contributed by atoms with Gasteiger partial charge in [-0.05, 0) is 36.4 Å². The van der Waals surface area contributed by atoms with Gasteiger partial charge in [-0.25, -0.2) is 0 Å². The first-order chi connectivity index (χ1) is 12.4. The number of nitrogens with one attached hydrogen (secondary N) is 1. The number of rotatable bonds is 4. The lowest BCUT2D eigenvalue weighted by molar-refractivity contribution is -0.136. The Bertz CT molecular complexity index is 908. The molecule has 0 heterocycles. The average Bonchev–Trinajstić information content (AvgIpc) is 2.62. The van der Waals surface area contributed by atoms with Gasteiger partial charge in [0.25, 0.3) is 5.91 Å². The van der Waals surface area contributed by atoms with E-state index in [2.05, 4.69) is 5.32 Å². The normalized spacial score (nSPS) is 11.0. The standard InChI is InChI=1S/C20H14F3NO2/c21-20(22,23)16-11-5-6-12-17(16)24-19(25)15-10-4-7-13-18(15)26-14-8-2-1-3-9-14/h1-13H,(H,24,25). The van der Waals surface area contributed by atoms with E-state index in [0.29, 0.717) is 5.75 Å². The third-order valence-corrected chi connectivity index (χ3v) is 3.58. The molecule has 0 radical (unpaired) electrons. The van der Waals surface area contributed by atoms with Crippen LogP contribution in [-0.2, 0) is 6.18 Å². The third kappa shape index (κ3) is 4.03. The van der Waals surface area contributed by atoms with Gasteiger partial charge in [-0.1, -0.05) is 42.5 Å². The molecule has 0 aliphatic heterocycles. The zero-order valence-electron chi connectivity index (χ0n) is 13.5. The highest BCUT2D eigenvalue weighted by molar-refractivity contribution is 6.06. The molecule has 0 saturated carbocycles. The number of halogens is 3. The van der Waals surface area contributed by atoms with Crippen LogP contribution in [0.5, 0.6) is 11.5 Å². The summed E-state index contributed by atoms with van der Waals surface area (Å²) in [5.74, 6) is 0.0809. The Kier molecular flexibility index (Phi) is 4.93. The van der Waals surface area contributed by atoms with Crippen molar-refractivity contribution < 1.29 is 22.7 Å². The quantitative estimate of drug-likeness (QED) is 0.646. The van der Waals surface area contributed by atoms with Crippen LogP contribution in [0.3, 0.4) is 0 Å². The third-order valence-electron chi connectivity index (χ3n) is 3.58. The maximum Gasteiger partial charge on any atom is 0.418 e. The number of hydrogen-bond donors (Lipinski definition) is 1. The minimum absolute atomic E-state index is 0.133. The van der Waals surface area contributed by atoms with Crippen LogP contribution in [0.15, 0.2) is 78.9 Å². The smallest absolute Gasteiger partial charge is 0.418 e. The first-order valence-corrected chi connectivity index (χ1v) is 7.74. The van der Waals surface area contributed by atoms with E-state index in [1.54, 1.807) is 42.5 Å². The summed E-state index contributed by atoms with van der Waals surface area (Å²) in [6.07, 6.45) is -4.57. The molecule has 0 bridgehead atoms. The second-order valence-electron chi connectivity index (χ2n) is 5.41. The molecule has 0 atom stereocenters. The highest BCUT2D eigenvalue weighted by Gasteiger charge is 2.33. The Morgan fingerprint density at radius 2 is 1.42 bits per heavy atom. The van der Waals surface area contributed by atoms with Gasteiger partial charge in [-0.2, -0.15) is 13.2 Å². The first kappa shape index (κ1) is 17.5. The zero-order chi connectivity index (χ0) is 18.6. The van der Waals surface area contributed by atoms with Crippen molar-refractivity contribution in [2.75, 3.05) is 5.32 Å². The molecular formula is C20H14F3NO2. The largest absolute Gasteiger partial charge is 0.457 e. The fourth-order valence-corrected chi connectivity index (χ4v) is 2.39. The number of para-hydroxylation sites is 3. The van der Waals surface area contributed by atoms with Crippen LogP contribution in [0, 0.1) is 0 Å². The molecule has 1 N–H and O–H groups in total. The monoisotopic (exact) mass is 357 g/mol. The van der Waals surface area contributed by atoms with Crippen LogP contribution in [0.2, 0.25) is 0 Å². The van der Waals surface area contributed by atoms with Crippen LogP contribution in [0.4, 0.5) is 18.9 Å². The van der Waals surface area contributed by atoms with Crippen LogP contribution in [0.1, 0.15) is 15.9 Å². The Morgan fingerprint density at radius 1 is 0.808 bits per heavy atom. The summed E-state index contributed by atoms with van der Waals surface area (Å²) in [7, 11) is 0. The number of ether oxygens (including phenoxy) is 1. The van der Waals surface area contributed by atoms with E-state index in [0.717, 1.165) is 6.07 Å². The van der Waals surface area contributed by atoms with Gasteiger partial charge < -0.3 is 10.1 Å². The predicted molar refractivity (Wildman–Crippen MR) is 92.4 cm³/mol. The maximum absolute atomic E-state index is 13.1. The van der Waals surface area contributed by atoms with Crippen molar-refractivity contribution in [1.82, 2.24) is 0 Å². The van der Waals surface area contributed by atoms with Crippen molar-refractivity contribution in [3.05, 3.63) is 90.0 Å². The van der Waals surface area contributed by atoms with Gasteiger partial charge in [-0.3, -0.25) is 4.79 Å². The predicted octanol–water partition coefficient (Wildman–Crippen LogP) is 5.75. The van der Waals surface area contributed by atoms with Crippen molar-refractivity contribution in [2.24, 2.45) is 0 Å². The number of anilines is 1. The Hall–Kier alpha value is -3.28. The van der Waals surface area contributed by atoms with Crippen molar-refractivity contribution in [3.8, 4) is 11.5 Å². The number of benzene rings is 3. The van der Waals surface area contributed by atoms with Crippen LogP contribution < -0.4 is 10.1 Å². The van der Waals surface area contributed by atoms with E-state index in [-0.39, 0.29) is 17.0 Å². The summed E-state index contributed by atoms with van der Waals surface area (Å²) >= 11 is 0. The second kappa shape index (κ2) is 7.31. The van der Waals surface area contributed by atoms with Gasteiger partial charge in [0.05, 0.1) is 16.8 Å². The lowest BCUT2D eigenvalue weighted by Gasteiger charge is -2.15. The fourth-order valence-electron chi connectivity index (χ4n) is 2.39. The minimum atomic E-state index is -4.57. The maximum atomic E-state index is 13.1. The van der Waals surface area contributed by atoms with Crippen molar-refractivity contribution in [1.29, 1.82) is 0 Å². The van der Waals surface area contributed by atoms with Gasteiger partial charge in [-0.15, -0.1) is 0 Å². The molecule has 0 saturated heterocycles. The molecule has 6 heteroatoms. The van der Waals surface area contributed by atoms with E-state index in [1.165, 1.54) is 24.3 Å². The molecule has 3 rings (SSSR count). The fraction of sp³-hybridized carbons (Fsp3) is 0.0500. The van der Waals surface area contributed by atoms with E-state index < -0.39 is 17.6 Å². The topological polar surface area (TPSA) is 38.3 Å². The van der Waals surface area contributed by atoms with Gasteiger partial charge in [0, 0.05) is 0 Å². The minimum Gasteiger partial charge on any atom is -0.457 e. The SMILES string of the molecule is O=C(Nc1ccccc1C(F)(F)F)c1ccccc1Oc1ccccc1. The van der Waals surface area contributed by atoms with E-state index in [4.69, 9.17) is 4.74 Å². The van der Waals surface area contributed by atoms with Crippen LogP contribution in [0.25, 0.3) is 0 Å². The van der Waals surface area contributed by atoms with Crippen LogP contribution in [-0.4, -0.2) is 5.91 Å². The highest BCUT2D eigenvalue weighted by Crippen LogP contribution is 2.35. The molecule has 3 aromatic rings. The number of hydrogen-bond acceptors (Lipinski definition) is 2. The van der Waals surface area contributed by atoms with Gasteiger partial charge >= 0.3 is 6.18 Å². The summed E-state index contributed by atoms with van der Waals surface area (Å²) in [6, 6.07) is 20.0. The summed E-state index contributed by atoms with van der Waals surface area (Å²) in [5, 5.41) is 2.32. The molecule has 3 nitrogen and oxygen atoms in total. The summed E-state index contributed by atoms with van der Waals surface area (Å²) in [6.45, 7) is 0. The molecule has 132 valence electrons. The average molecular weight is 357 g/mol. The lowest BCUT2D eigenvalue weighted by Crippen LogP contribution is -2.17. The Balaban J connectivity index is 1.88. The first-order valence-electron chi connectivity index (χ1n) is 7.74. The van der Waals surface area contributed by atoms with Gasteiger partial charge in [0.2, 0.25) is 0 Å². The molecule has 1 amide bonds.